The van der Waals surface area contributed by atoms with E-state index in [1.807, 2.05) is 13.0 Å². The van der Waals surface area contributed by atoms with Crippen molar-refractivity contribution in [3.8, 4) is 17.6 Å². The van der Waals surface area contributed by atoms with Crippen molar-refractivity contribution >= 4 is 18.0 Å². The van der Waals surface area contributed by atoms with Crippen LogP contribution < -0.4 is 9.47 Å². The lowest BCUT2D eigenvalue weighted by Gasteiger charge is -2.39. The first-order valence-corrected chi connectivity index (χ1v) is 11.9. The normalized spacial score (nSPS) is 14.8. The van der Waals surface area contributed by atoms with Gasteiger partial charge >= 0.3 is 12.1 Å². The molecule has 1 atom stereocenters. The average Bonchev–Trinajstić information content (AvgIpc) is 2.95. The minimum Gasteiger partial charge on any atom is -0.489 e. The van der Waals surface area contributed by atoms with Gasteiger partial charge in [0, 0.05) is 37.4 Å². The SMILES string of the molecule is COC(=O)c1cncc(OC(=O)N2CCN(C(=O)c3ccc(OCc4cccc(C#N)c4)cc3)CC2C)c1. The Morgan fingerprint density at radius 3 is 2.53 bits per heavy atom. The Hall–Kier alpha value is -4.91. The Balaban J connectivity index is 1.31. The van der Waals surface area contributed by atoms with Crippen LogP contribution in [0.4, 0.5) is 4.79 Å². The summed E-state index contributed by atoms with van der Waals surface area (Å²) < 4.78 is 15.8. The summed E-state index contributed by atoms with van der Waals surface area (Å²) >= 11 is 0. The highest BCUT2D eigenvalue weighted by Gasteiger charge is 2.31. The molecule has 0 N–H and O–H groups in total. The number of rotatable bonds is 6. The van der Waals surface area contributed by atoms with Gasteiger partial charge in [-0.25, -0.2) is 9.59 Å². The van der Waals surface area contributed by atoms with E-state index < -0.39 is 12.1 Å². The van der Waals surface area contributed by atoms with Crippen LogP contribution in [0.3, 0.4) is 0 Å². The fraction of sp³-hybridized carbons (Fsp3) is 0.250. The van der Waals surface area contributed by atoms with Crippen molar-refractivity contribution < 1.29 is 28.6 Å². The molecule has 10 nitrogen and oxygen atoms in total. The van der Waals surface area contributed by atoms with Crippen LogP contribution in [0.2, 0.25) is 0 Å². The van der Waals surface area contributed by atoms with Gasteiger partial charge in [-0.15, -0.1) is 0 Å². The molecule has 4 rings (SSSR count). The number of nitrogens with zero attached hydrogens (tertiary/aromatic N) is 4. The van der Waals surface area contributed by atoms with Gasteiger partial charge in [0.05, 0.1) is 30.5 Å². The maximum Gasteiger partial charge on any atom is 0.415 e. The fourth-order valence-electron chi connectivity index (χ4n) is 4.05. The Morgan fingerprint density at radius 2 is 1.82 bits per heavy atom. The minimum atomic E-state index is -0.588. The average molecular weight is 515 g/mol. The van der Waals surface area contributed by atoms with Crippen molar-refractivity contribution in [1.82, 2.24) is 14.8 Å². The molecular formula is C28H26N4O6. The number of carbonyl (C=O) groups excluding carboxylic acids is 3. The molecule has 1 fully saturated rings. The lowest BCUT2D eigenvalue weighted by Crippen LogP contribution is -2.56. The predicted molar refractivity (Wildman–Crippen MR) is 136 cm³/mol. The van der Waals surface area contributed by atoms with E-state index >= 15 is 0 Å². The van der Waals surface area contributed by atoms with Crippen molar-refractivity contribution in [2.45, 2.75) is 19.6 Å². The van der Waals surface area contributed by atoms with Crippen molar-refractivity contribution in [3.05, 3.63) is 89.2 Å². The van der Waals surface area contributed by atoms with Crippen LogP contribution in [0.1, 0.15) is 38.8 Å². The summed E-state index contributed by atoms with van der Waals surface area (Å²) in [5.41, 5.74) is 2.13. The summed E-state index contributed by atoms with van der Waals surface area (Å²) in [6.07, 6.45) is 2.07. The van der Waals surface area contributed by atoms with Gasteiger partial charge in [-0.2, -0.15) is 5.26 Å². The fourth-order valence-corrected chi connectivity index (χ4v) is 4.05. The van der Waals surface area contributed by atoms with Crippen molar-refractivity contribution in [2.24, 2.45) is 0 Å². The molecule has 0 radical (unpaired) electrons. The second kappa shape index (κ2) is 11.9. The maximum absolute atomic E-state index is 13.1. The van der Waals surface area contributed by atoms with Crippen molar-refractivity contribution in [3.63, 3.8) is 0 Å². The van der Waals surface area contributed by atoms with Gasteiger partial charge < -0.3 is 24.0 Å². The highest BCUT2D eigenvalue weighted by atomic mass is 16.6. The van der Waals surface area contributed by atoms with E-state index in [0.717, 1.165) is 5.56 Å². The number of ether oxygens (including phenoxy) is 3. The summed E-state index contributed by atoms with van der Waals surface area (Å²) in [5.74, 6) is 0.00766. The molecule has 10 heteroatoms. The number of piperazine rings is 1. The minimum absolute atomic E-state index is 0.128. The summed E-state index contributed by atoms with van der Waals surface area (Å²) in [6, 6.07) is 17.3. The number of pyridine rings is 1. The molecule has 3 aromatic rings. The molecule has 1 unspecified atom stereocenters. The number of nitriles is 1. The summed E-state index contributed by atoms with van der Waals surface area (Å²) in [5, 5.41) is 9.02. The molecule has 0 aliphatic carbocycles. The smallest absolute Gasteiger partial charge is 0.415 e. The third kappa shape index (κ3) is 6.25. The molecule has 1 aliphatic rings. The van der Waals surface area contributed by atoms with Gasteiger partial charge in [0.2, 0.25) is 0 Å². The van der Waals surface area contributed by atoms with E-state index in [2.05, 4.69) is 15.8 Å². The highest BCUT2D eigenvalue weighted by Crippen LogP contribution is 2.20. The topological polar surface area (TPSA) is 122 Å². The van der Waals surface area contributed by atoms with E-state index in [1.54, 1.807) is 47.4 Å². The molecular weight excluding hydrogens is 488 g/mol. The number of carbonyl (C=O) groups is 3. The molecule has 38 heavy (non-hydrogen) atoms. The van der Waals surface area contributed by atoms with Crippen LogP contribution in [0.5, 0.6) is 11.5 Å². The maximum atomic E-state index is 13.1. The second-order valence-corrected chi connectivity index (χ2v) is 8.69. The van der Waals surface area contributed by atoms with E-state index in [1.165, 1.54) is 30.5 Å². The van der Waals surface area contributed by atoms with Crippen LogP contribution in [0, 0.1) is 11.3 Å². The summed E-state index contributed by atoms with van der Waals surface area (Å²) in [7, 11) is 1.25. The monoisotopic (exact) mass is 514 g/mol. The zero-order valence-corrected chi connectivity index (χ0v) is 21.0. The molecule has 1 aromatic heterocycles. The van der Waals surface area contributed by atoms with Crippen LogP contribution in [-0.4, -0.2) is 65.5 Å². The van der Waals surface area contributed by atoms with E-state index in [4.69, 9.17) is 14.7 Å². The molecule has 2 aromatic carbocycles. The first-order valence-electron chi connectivity index (χ1n) is 11.9. The molecule has 0 spiro atoms. The number of benzene rings is 2. The lowest BCUT2D eigenvalue weighted by atomic mass is 10.1. The number of aromatic nitrogens is 1. The van der Waals surface area contributed by atoms with E-state index in [0.29, 0.717) is 43.1 Å². The first kappa shape index (κ1) is 26.2. The molecule has 2 amide bonds. The zero-order valence-electron chi connectivity index (χ0n) is 21.0. The number of hydrogen-bond donors (Lipinski definition) is 0. The van der Waals surface area contributed by atoms with Crippen molar-refractivity contribution in [2.75, 3.05) is 26.7 Å². The molecule has 0 saturated carbocycles. The van der Waals surface area contributed by atoms with E-state index in [-0.39, 0.29) is 23.3 Å². The van der Waals surface area contributed by atoms with Crippen LogP contribution in [-0.2, 0) is 11.3 Å². The Kier molecular flexibility index (Phi) is 8.18. The van der Waals surface area contributed by atoms with Gasteiger partial charge in [-0.05, 0) is 55.0 Å². The quantitative estimate of drug-likeness (QED) is 0.457. The molecule has 0 bridgehead atoms. The third-order valence-corrected chi connectivity index (χ3v) is 6.05. The van der Waals surface area contributed by atoms with Gasteiger partial charge in [0.25, 0.3) is 5.91 Å². The largest absolute Gasteiger partial charge is 0.489 e. The van der Waals surface area contributed by atoms with Gasteiger partial charge in [0.1, 0.15) is 12.4 Å². The molecule has 2 heterocycles. The number of esters is 1. The highest BCUT2D eigenvalue weighted by molar-refractivity contribution is 5.94. The van der Waals surface area contributed by atoms with Gasteiger partial charge in [-0.1, -0.05) is 12.1 Å². The Bertz CT molecular complexity index is 1370. The summed E-state index contributed by atoms with van der Waals surface area (Å²) in [4.78, 5) is 44.6. The van der Waals surface area contributed by atoms with Crippen molar-refractivity contribution in [1.29, 1.82) is 5.26 Å². The lowest BCUT2D eigenvalue weighted by molar-refractivity contribution is 0.0521. The second-order valence-electron chi connectivity index (χ2n) is 8.69. The Labute approximate surface area is 220 Å². The number of amides is 2. The van der Waals surface area contributed by atoms with Crippen LogP contribution in [0.25, 0.3) is 0 Å². The van der Waals surface area contributed by atoms with Crippen LogP contribution in [0.15, 0.2) is 67.0 Å². The zero-order chi connectivity index (χ0) is 27.1. The van der Waals surface area contributed by atoms with Gasteiger partial charge in [-0.3, -0.25) is 9.78 Å². The third-order valence-electron chi connectivity index (χ3n) is 6.05. The number of methoxy groups -OCH3 is 1. The van der Waals surface area contributed by atoms with Gasteiger partial charge in [0.15, 0.2) is 5.75 Å². The Morgan fingerprint density at radius 1 is 1.03 bits per heavy atom. The predicted octanol–water partition coefficient (Wildman–Crippen LogP) is 3.66. The molecule has 1 saturated heterocycles. The first-order chi connectivity index (χ1) is 18.4. The van der Waals surface area contributed by atoms with Crippen LogP contribution >= 0.6 is 0 Å². The standard InChI is InChI=1S/C28H26N4O6/c1-19-17-31(10-11-32(19)28(35)38-25-13-23(15-30-16-25)27(34)36-2)26(33)22-6-8-24(9-7-22)37-18-21-5-3-4-20(12-21)14-29/h3-9,12-13,15-16,19H,10-11,17-18H2,1-2H3. The number of hydrogen-bond acceptors (Lipinski definition) is 8. The summed E-state index contributed by atoms with van der Waals surface area (Å²) in [6.45, 7) is 3.11. The van der Waals surface area contributed by atoms with E-state index in [9.17, 15) is 14.4 Å². The molecule has 194 valence electrons. The molecule has 1 aliphatic heterocycles.